The van der Waals surface area contributed by atoms with Gasteiger partial charge in [-0.3, -0.25) is 0 Å². The zero-order chi connectivity index (χ0) is 18.2. The predicted molar refractivity (Wildman–Crippen MR) is 111 cm³/mol. The molecule has 1 aliphatic carbocycles. The van der Waals surface area contributed by atoms with E-state index in [1.54, 1.807) is 0 Å². The maximum Gasteiger partial charge on any atom is 0.0716 e. The SMILES string of the molecule is CC=C[C@H]1CC[C@H](c2ccc(-c3ccc(COCCC)cc3)cc2)CC1. The van der Waals surface area contributed by atoms with Gasteiger partial charge in [-0.05, 0) is 73.1 Å². The summed E-state index contributed by atoms with van der Waals surface area (Å²) in [5.41, 5.74) is 5.35. The van der Waals surface area contributed by atoms with Gasteiger partial charge < -0.3 is 4.74 Å². The quantitative estimate of drug-likeness (QED) is 0.382. The molecule has 138 valence electrons. The predicted octanol–water partition coefficient (Wildman–Crippen LogP) is 7.13. The third-order valence-electron chi connectivity index (χ3n) is 5.52. The van der Waals surface area contributed by atoms with Gasteiger partial charge in [-0.15, -0.1) is 0 Å². The molecule has 1 aliphatic rings. The summed E-state index contributed by atoms with van der Waals surface area (Å²) < 4.78 is 5.62. The normalized spacial score (nSPS) is 20.5. The van der Waals surface area contributed by atoms with E-state index in [9.17, 15) is 0 Å². The van der Waals surface area contributed by atoms with Crippen LogP contribution >= 0.6 is 0 Å². The molecule has 0 N–H and O–H groups in total. The van der Waals surface area contributed by atoms with Crippen molar-refractivity contribution < 1.29 is 4.74 Å². The third-order valence-corrected chi connectivity index (χ3v) is 5.52. The molecule has 1 saturated carbocycles. The average Bonchev–Trinajstić information content (AvgIpc) is 2.70. The summed E-state index contributed by atoms with van der Waals surface area (Å²) in [6.07, 6.45) is 11.0. The highest BCUT2D eigenvalue weighted by Gasteiger charge is 2.20. The van der Waals surface area contributed by atoms with Crippen molar-refractivity contribution in [1.29, 1.82) is 0 Å². The number of hydrogen-bond donors (Lipinski definition) is 0. The van der Waals surface area contributed by atoms with Crippen LogP contribution in [0.15, 0.2) is 60.7 Å². The van der Waals surface area contributed by atoms with Crippen LogP contribution in [0.4, 0.5) is 0 Å². The lowest BCUT2D eigenvalue weighted by Crippen LogP contribution is -2.11. The summed E-state index contributed by atoms with van der Waals surface area (Å²) in [5.74, 6) is 1.54. The Labute approximate surface area is 159 Å². The van der Waals surface area contributed by atoms with Crippen molar-refractivity contribution in [1.82, 2.24) is 0 Å². The smallest absolute Gasteiger partial charge is 0.0716 e. The number of allylic oxidation sites excluding steroid dienone is 2. The van der Waals surface area contributed by atoms with Crippen LogP contribution < -0.4 is 0 Å². The molecule has 0 heterocycles. The van der Waals surface area contributed by atoms with Crippen molar-refractivity contribution in [3.05, 3.63) is 71.8 Å². The van der Waals surface area contributed by atoms with Crippen molar-refractivity contribution >= 4 is 0 Å². The van der Waals surface area contributed by atoms with Crippen molar-refractivity contribution in [2.75, 3.05) is 6.61 Å². The van der Waals surface area contributed by atoms with Crippen LogP contribution in [0.1, 0.15) is 63.0 Å². The van der Waals surface area contributed by atoms with E-state index in [4.69, 9.17) is 4.74 Å². The molecule has 2 aromatic carbocycles. The van der Waals surface area contributed by atoms with Gasteiger partial charge in [-0.1, -0.05) is 67.6 Å². The summed E-state index contributed by atoms with van der Waals surface area (Å²) in [6, 6.07) is 18.0. The van der Waals surface area contributed by atoms with Crippen LogP contribution in [-0.2, 0) is 11.3 Å². The molecule has 26 heavy (non-hydrogen) atoms. The van der Waals surface area contributed by atoms with Crippen LogP contribution in [0, 0.1) is 5.92 Å². The van der Waals surface area contributed by atoms with E-state index in [1.807, 2.05) is 0 Å². The maximum atomic E-state index is 5.62. The lowest BCUT2D eigenvalue weighted by atomic mass is 9.78. The average molecular weight is 349 g/mol. The molecule has 0 spiro atoms. The fourth-order valence-electron chi connectivity index (χ4n) is 3.99. The highest BCUT2D eigenvalue weighted by molar-refractivity contribution is 5.64. The van der Waals surface area contributed by atoms with Crippen molar-refractivity contribution in [2.24, 2.45) is 5.92 Å². The van der Waals surface area contributed by atoms with Gasteiger partial charge in [0, 0.05) is 6.61 Å². The molecule has 0 bridgehead atoms. The number of ether oxygens (including phenoxy) is 1. The first kappa shape index (κ1) is 18.9. The fourth-order valence-corrected chi connectivity index (χ4v) is 3.99. The van der Waals surface area contributed by atoms with Crippen LogP contribution in [0.25, 0.3) is 11.1 Å². The molecule has 0 aliphatic heterocycles. The number of hydrogen-bond acceptors (Lipinski definition) is 1. The van der Waals surface area contributed by atoms with Crippen LogP contribution in [0.2, 0.25) is 0 Å². The highest BCUT2D eigenvalue weighted by Crippen LogP contribution is 2.36. The van der Waals surface area contributed by atoms with E-state index in [1.165, 1.54) is 47.9 Å². The molecule has 0 saturated heterocycles. The third kappa shape index (κ3) is 5.08. The largest absolute Gasteiger partial charge is 0.377 e. The molecule has 1 nitrogen and oxygen atoms in total. The Morgan fingerprint density at radius 1 is 0.885 bits per heavy atom. The monoisotopic (exact) mass is 348 g/mol. The Morgan fingerprint density at radius 3 is 2.08 bits per heavy atom. The molecule has 0 radical (unpaired) electrons. The van der Waals surface area contributed by atoms with Crippen molar-refractivity contribution in [3.63, 3.8) is 0 Å². The van der Waals surface area contributed by atoms with Gasteiger partial charge in [-0.2, -0.15) is 0 Å². The van der Waals surface area contributed by atoms with Crippen molar-refractivity contribution in [3.8, 4) is 11.1 Å². The Kier molecular flexibility index (Phi) is 7.08. The van der Waals surface area contributed by atoms with Gasteiger partial charge in [0.15, 0.2) is 0 Å². The zero-order valence-electron chi connectivity index (χ0n) is 16.3. The van der Waals surface area contributed by atoms with Gasteiger partial charge in [0.2, 0.25) is 0 Å². The minimum atomic E-state index is 0.711. The van der Waals surface area contributed by atoms with E-state index in [2.05, 4.69) is 74.5 Å². The fraction of sp³-hybridized carbons (Fsp3) is 0.440. The molecular weight excluding hydrogens is 316 g/mol. The molecular formula is C25H32O. The van der Waals surface area contributed by atoms with Crippen LogP contribution in [0.3, 0.4) is 0 Å². The van der Waals surface area contributed by atoms with E-state index in [-0.39, 0.29) is 0 Å². The molecule has 1 heteroatoms. The Morgan fingerprint density at radius 2 is 1.50 bits per heavy atom. The second-order valence-corrected chi connectivity index (χ2v) is 7.51. The van der Waals surface area contributed by atoms with Crippen molar-refractivity contribution in [2.45, 2.75) is 58.5 Å². The molecule has 3 rings (SSSR count). The Balaban J connectivity index is 1.59. The lowest BCUT2D eigenvalue weighted by molar-refractivity contribution is 0.121. The minimum Gasteiger partial charge on any atom is -0.377 e. The van der Waals surface area contributed by atoms with Gasteiger partial charge in [0.25, 0.3) is 0 Å². The summed E-state index contributed by atoms with van der Waals surface area (Å²) in [7, 11) is 0. The second kappa shape index (κ2) is 9.73. The first-order valence-corrected chi connectivity index (χ1v) is 10.2. The maximum absolute atomic E-state index is 5.62. The summed E-state index contributed by atoms with van der Waals surface area (Å²) >= 11 is 0. The van der Waals surface area contributed by atoms with E-state index >= 15 is 0 Å². The molecule has 2 aromatic rings. The summed E-state index contributed by atoms with van der Waals surface area (Å²) in [4.78, 5) is 0. The second-order valence-electron chi connectivity index (χ2n) is 7.51. The van der Waals surface area contributed by atoms with Gasteiger partial charge >= 0.3 is 0 Å². The molecule has 0 unspecified atom stereocenters. The zero-order valence-corrected chi connectivity index (χ0v) is 16.3. The standard InChI is InChI=1S/C25H32O/c1-3-5-20-6-10-22(11-7-20)24-14-16-25(17-15-24)23-12-8-21(9-13-23)19-26-18-4-2/h3,5,8-9,12-17,20,22H,4,6-7,10-11,18-19H2,1-2H3/t20-,22-. The topological polar surface area (TPSA) is 9.23 Å². The Hall–Kier alpha value is -1.86. The first-order valence-electron chi connectivity index (χ1n) is 10.2. The summed E-state index contributed by atoms with van der Waals surface area (Å²) in [6.45, 7) is 5.82. The Bertz CT molecular complexity index is 673. The minimum absolute atomic E-state index is 0.711. The van der Waals surface area contributed by atoms with E-state index < -0.39 is 0 Å². The van der Waals surface area contributed by atoms with E-state index in [0.717, 1.165) is 24.9 Å². The molecule has 0 atom stereocenters. The van der Waals surface area contributed by atoms with Crippen LogP contribution in [0.5, 0.6) is 0 Å². The van der Waals surface area contributed by atoms with Gasteiger partial charge in [0.05, 0.1) is 6.61 Å². The molecule has 0 amide bonds. The van der Waals surface area contributed by atoms with Crippen LogP contribution in [-0.4, -0.2) is 6.61 Å². The first-order chi connectivity index (χ1) is 12.8. The highest BCUT2D eigenvalue weighted by atomic mass is 16.5. The number of rotatable bonds is 7. The lowest BCUT2D eigenvalue weighted by Gasteiger charge is -2.27. The van der Waals surface area contributed by atoms with E-state index in [0.29, 0.717) is 6.61 Å². The molecule has 0 aromatic heterocycles. The summed E-state index contributed by atoms with van der Waals surface area (Å²) in [5, 5.41) is 0. The van der Waals surface area contributed by atoms with Gasteiger partial charge in [-0.25, -0.2) is 0 Å². The van der Waals surface area contributed by atoms with Gasteiger partial charge in [0.1, 0.15) is 0 Å². The number of benzene rings is 2. The molecule has 1 fully saturated rings.